The number of amides is 2. The summed E-state index contributed by atoms with van der Waals surface area (Å²) >= 11 is 17.6. The predicted octanol–water partition coefficient (Wildman–Crippen LogP) is 5.11. The van der Waals surface area contributed by atoms with Crippen molar-refractivity contribution in [1.82, 2.24) is 5.32 Å². The summed E-state index contributed by atoms with van der Waals surface area (Å²) < 4.78 is 12.9. The molecule has 2 N–H and O–H groups in total. The minimum atomic E-state index is -0.459. The largest absolute Gasteiger partial charge is 0.334 e. The van der Waals surface area contributed by atoms with Gasteiger partial charge in [-0.25, -0.2) is 9.18 Å². The number of halogens is 4. The zero-order valence-corrected chi connectivity index (χ0v) is 12.9. The van der Waals surface area contributed by atoms with Crippen LogP contribution in [0.2, 0.25) is 15.1 Å². The highest BCUT2D eigenvalue weighted by Crippen LogP contribution is 2.25. The Morgan fingerprint density at radius 2 is 1.81 bits per heavy atom. The number of anilines is 1. The van der Waals surface area contributed by atoms with E-state index in [0.29, 0.717) is 21.3 Å². The monoisotopic (exact) mass is 346 g/mol. The molecular weight excluding hydrogens is 338 g/mol. The fourth-order valence-corrected chi connectivity index (χ4v) is 2.29. The van der Waals surface area contributed by atoms with Crippen molar-refractivity contribution >= 4 is 46.5 Å². The molecule has 2 amide bonds. The van der Waals surface area contributed by atoms with Gasteiger partial charge in [0, 0.05) is 16.6 Å². The van der Waals surface area contributed by atoms with Crippen LogP contribution in [0.1, 0.15) is 5.56 Å². The SMILES string of the molecule is O=C(NCc1ccc(F)cc1Cl)Nc1ccc(Cl)cc1Cl. The van der Waals surface area contributed by atoms with Gasteiger partial charge in [-0.3, -0.25) is 0 Å². The van der Waals surface area contributed by atoms with Crippen LogP contribution in [0.5, 0.6) is 0 Å². The fraction of sp³-hybridized carbons (Fsp3) is 0.0714. The maximum absolute atomic E-state index is 12.9. The van der Waals surface area contributed by atoms with E-state index in [0.717, 1.165) is 0 Å². The maximum atomic E-state index is 12.9. The third kappa shape index (κ3) is 4.49. The van der Waals surface area contributed by atoms with Crippen molar-refractivity contribution in [2.24, 2.45) is 0 Å². The lowest BCUT2D eigenvalue weighted by Crippen LogP contribution is -2.28. The Morgan fingerprint density at radius 3 is 2.48 bits per heavy atom. The summed E-state index contributed by atoms with van der Waals surface area (Å²) in [6.07, 6.45) is 0. The summed E-state index contributed by atoms with van der Waals surface area (Å²) in [4.78, 5) is 11.8. The molecular formula is C14H10Cl3FN2O. The molecule has 0 aromatic heterocycles. The van der Waals surface area contributed by atoms with Crippen LogP contribution in [0.3, 0.4) is 0 Å². The van der Waals surface area contributed by atoms with Crippen LogP contribution in [-0.2, 0) is 6.54 Å². The van der Waals surface area contributed by atoms with Gasteiger partial charge in [-0.15, -0.1) is 0 Å². The molecule has 110 valence electrons. The second-order valence-electron chi connectivity index (χ2n) is 4.17. The quantitative estimate of drug-likeness (QED) is 0.796. The zero-order valence-electron chi connectivity index (χ0n) is 10.6. The van der Waals surface area contributed by atoms with Crippen molar-refractivity contribution in [1.29, 1.82) is 0 Å². The van der Waals surface area contributed by atoms with Gasteiger partial charge in [-0.1, -0.05) is 40.9 Å². The Hall–Kier alpha value is -1.49. The molecule has 2 rings (SSSR count). The molecule has 2 aromatic carbocycles. The number of carbonyl (C=O) groups excluding carboxylic acids is 1. The third-order valence-corrected chi connectivity index (χ3v) is 3.53. The Morgan fingerprint density at radius 1 is 1.05 bits per heavy atom. The summed E-state index contributed by atoms with van der Waals surface area (Å²) in [5.41, 5.74) is 1.04. The molecule has 0 heterocycles. The van der Waals surface area contributed by atoms with Crippen molar-refractivity contribution in [3.8, 4) is 0 Å². The van der Waals surface area contributed by atoms with Crippen LogP contribution in [0.15, 0.2) is 36.4 Å². The molecule has 0 aliphatic rings. The predicted molar refractivity (Wildman–Crippen MR) is 83.7 cm³/mol. The summed E-state index contributed by atoms with van der Waals surface area (Å²) in [5, 5.41) is 6.24. The third-order valence-electron chi connectivity index (χ3n) is 2.63. The minimum Gasteiger partial charge on any atom is -0.334 e. The Bertz CT molecular complexity index is 679. The summed E-state index contributed by atoms with van der Waals surface area (Å²) in [6.45, 7) is 0.163. The number of benzene rings is 2. The lowest BCUT2D eigenvalue weighted by Gasteiger charge is -2.10. The average molecular weight is 348 g/mol. The topological polar surface area (TPSA) is 41.1 Å². The number of carbonyl (C=O) groups is 1. The van der Waals surface area contributed by atoms with E-state index in [-0.39, 0.29) is 11.6 Å². The molecule has 2 aromatic rings. The van der Waals surface area contributed by atoms with Gasteiger partial charge in [0.15, 0.2) is 0 Å². The molecule has 0 radical (unpaired) electrons. The number of nitrogens with one attached hydrogen (secondary N) is 2. The molecule has 0 atom stereocenters. The highest BCUT2D eigenvalue weighted by atomic mass is 35.5. The van der Waals surface area contributed by atoms with Crippen LogP contribution in [-0.4, -0.2) is 6.03 Å². The molecule has 0 fully saturated rings. The van der Waals surface area contributed by atoms with Gasteiger partial charge in [0.1, 0.15) is 5.82 Å². The normalized spacial score (nSPS) is 10.3. The molecule has 0 spiro atoms. The zero-order chi connectivity index (χ0) is 15.4. The molecule has 0 saturated carbocycles. The van der Waals surface area contributed by atoms with Gasteiger partial charge < -0.3 is 10.6 Å². The number of hydrogen-bond acceptors (Lipinski definition) is 1. The Labute approximate surface area is 136 Å². The average Bonchev–Trinajstić information content (AvgIpc) is 2.41. The number of rotatable bonds is 3. The van der Waals surface area contributed by atoms with E-state index in [4.69, 9.17) is 34.8 Å². The molecule has 3 nitrogen and oxygen atoms in total. The van der Waals surface area contributed by atoms with Crippen LogP contribution >= 0.6 is 34.8 Å². The molecule has 21 heavy (non-hydrogen) atoms. The van der Waals surface area contributed by atoms with Gasteiger partial charge in [0.25, 0.3) is 0 Å². The van der Waals surface area contributed by atoms with Crippen LogP contribution in [0.25, 0.3) is 0 Å². The molecule has 0 saturated heterocycles. The number of hydrogen-bond donors (Lipinski definition) is 2. The fourth-order valence-electron chi connectivity index (χ4n) is 1.60. The van der Waals surface area contributed by atoms with Gasteiger partial charge in [-0.2, -0.15) is 0 Å². The number of urea groups is 1. The van der Waals surface area contributed by atoms with E-state index >= 15 is 0 Å². The Kier molecular flexibility index (Phi) is 5.28. The first-order valence-corrected chi connectivity index (χ1v) is 7.03. The molecule has 0 unspecified atom stereocenters. The van der Waals surface area contributed by atoms with Gasteiger partial charge in [0.2, 0.25) is 0 Å². The van der Waals surface area contributed by atoms with Crippen molar-refractivity contribution in [2.75, 3.05) is 5.32 Å². The highest BCUT2D eigenvalue weighted by Gasteiger charge is 2.07. The molecule has 0 aliphatic carbocycles. The van der Waals surface area contributed by atoms with Crippen molar-refractivity contribution in [3.63, 3.8) is 0 Å². The van der Waals surface area contributed by atoms with Crippen molar-refractivity contribution in [3.05, 3.63) is 62.8 Å². The first-order valence-electron chi connectivity index (χ1n) is 5.89. The summed E-state index contributed by atoms with van der Waals surface area (Å²) in [7, 11) is 0. The summed E-state index contributed by atoms with van der Waals surface area (Å²) in [5.74, 6) is -0.429. The minimum absolute atomic E-state index is 0.163. The highest BCUT2D eigenvalue weighted by molar-refractivity contribution is 6.36. The lowest BCUT2D eigenvalue weighted by molar-refractivity contribution is 0.251. The molecule has 0 aliphatic heterocycles. The second-order valence-corrected chi connectivity index (χ2v) is 5.42. The van der Waals surface area contributed by atoms with E-state index in [2.05, 4.69) is 10.6 Å². The first-order chi connectivity index (χ1) is 9.95. The summed E-state index contributed by atoms with van der Waals surface area (Å²) in [6, 6.07) is 8.24. The van der Waals surface area contributed by atoms with Gasteiger partial charge in [0.05, 0.1) is 10.7 Å². The lowest BCUT2D eigenvalue weighted by atomic mass is 10.2. The van der Waals surface area contributed by atoms with E-state index in [1.807, 2.05) is 0 Å². The second kappa shape index (κ2) is 6.98. The smallest absolute Gasteiger partial charge is 0.319 e. The van der Waals surface area contributed by atoms with Crippen LogP contribution in [0.4, 0.5) is 14.9 Å². The Balaban J connectivity index is 1.96. The van der Waals surface area contributed by atoms with E-state index in [1.54, 1.807) is 12.1 Å². The standard InChI is InChI=1S/C14H10Cl3FN2O/c15-9-2-4-13(12(17)5-9)20-14(21)19-7-8-1-3-10(18)6-11(8)16/h1-6H,7H2,(H2,19,20,21). The van der Waals surface area contributed by atoms with Crippen molar-refractivity contribution < 1.29 is 9.18 Å². The van der Waals surface area contributed by atoms with E-state index < -0.39 is 11.8 Å². The van der Waals surface area contributed by atoms with Crippen molar-refractivity contribution in [2.45, 2.75) is 6.54 Å². The maximum Gasteiger partial charge on any atom is 0.319 e. The van der Waals surface area contributed by atoms with Gasteiger partial charge >= 0.3 is 6.03 Å². The first kappa shape index (κ1) is 15.9. The molecule has 7 heteroatoms. The van der Waals surface area contributed by atoms with E-state index in [1.165, 1.54) is 24.3 Å². The van der Waals surface area contributed by atoms with E-state index in [9.17, 15) is 9.18 Å². The van der Waals surface area contributed by atoms with Crippen LogP contribution in [0, 0.1) is 5.82 Å². The molecule has 0 bridgehead atoms. The van der Waals surface area contributed by atoms with Crippen LogP contribution < -0.4 is 10.6 Å². The van der Waals surface area contributed by atoms with Gasteiger partial charge in [-0.05, 0) is 35.9 Å².